The van der Waals surface area contributed by atoms with Crippen LogP contribution in [0.2, 0.25) is 0 Å². The van der Waals surface area contributed by atoms with Crippen molar-refractivity contribution in [3.05, 3.63) is 63.8 Å². The van der Waals surface area contributed by atoms with Crippen LogP contribution in [0.1, 0.15) is 16.8 Å². The highest BCUT2D eigenvalue weighted by molar-refractivity contribution is 9.10. The number of nitrogens with one attached hydrogen (secondary N) is 2. The third-order valence-electron chi connectivity index (χ3n) is 5.40. The van der Waals surface area contributed by atoms with E-state index in [0.717, 1.165) is 38.7 Å². The van der Waals surface area contributed by atoms with Crippen molar-refractivity contribution >= 4 is 38.4 Å². The van der Waals surface area contributed by atoms with Gasteiger partial charge in [0.1, 0.15) is 6.54 Å². The molecule has 128 valence electrons. The molecule has 2 aliphatic rings. The number of nitriles is 1. The summed E-state index contributed by atoms with van der Waals surface area (Å²) in [6, 6.07) is 16.1. The monoisotopic (exact) mass is 406 g/mol. The molecule has 0 fully saturated rings. The number of aromatic nitrogens is 1. The van der Waals surface area contributed by atoms with Gasteiger partial charge in [0.25, 0.3) is 5.91 Å². The molecule has 1 atom stereocenters. The van der Waals surface area contributed by atoms with E-state index in [0.29, 0.717) is 6.54 Å². The van der Waals surface area contributed by atoms with Crippen molar-refractivity contribution in [2.75, 3.05) is 18.0 Å². The minimum absolute atomic E-state index is 0.0342. The van der Waals surface area contributed by atoms with Crippen LogP contribution >= 0.6 is 15.9 Å². The number of halogens is 1. The number of carbonyl (C=O) groups is 1. The average molecular weight is 407 g/mol. The first-order valence-electron chi connectivity index (χ1n) is 8.51. The van der Waals surface area contributed by atoms with Crippen molar-refractivity contribution in [1.29, 1.82) is 5.26 Å². The molecule has 3 heterocycles. The number of H-pyrrole nitrogens is 1. The Morgan fingerprint density at radius 2 is 2.12 bits per heavy atom. The van der Waals surface area contributed by atoms with Gasteiger partial charge in [0.2, 0.25) is 0 Å². The van der Waals surface area contributed by atoms with Crippen molar-refractivity contribution < 1.29 is 4.79 Å². The molecule has 0 unspecified atom stereocenters. The predicted molar refractivity (Wildman–Crippen MR) is 103 cm³/mol. The molecule has 2 N–H and O–H groups in total. The third-order valence-corrected chi connectivity index (χ3v) is 5.90. The number of nitrogens with zero attached hydrogens (tertiary/aromatic N) is 2. The Bertz CT molecular complexity index is 1110. The van der Waals surface area contributed by atoms with Gasteiger partial charge in [-0.05, 0) is 36.2 Å². The topological polar surface area (TPSA) is 71.9 Å². The summed E-state index contributed by atoms with van der Waals surface area (Å²) in [6.07, 6.45) is 0.857. The van der Waals surface area contributed by atoms with E-state index in [1.165, 1.54) is 5.56 Å². The molecule has 26 heavy (non-hydrogen) atoms. The van der Waals surface area contributed by atoms with Crippen LogP contribution in [0.4, 0.5) is 5.69 Å². The maximum Gasteiger partial charge on any atom is 0.259 e. The Morgan fingerprint density at radius 1 is 1.27 bits per heavy atom. The van der Waals surface area contributed by atoms with Crippen LogP contribution in [0, 0.1) is 11.3 Å². The Morgan fingerprint density at radius 3 is 2.96 bits per heavy atom. The minimum atomic E-state index is -0.970. The first kappa shape index (κ1) is 15.6. The molecule has 6 heteroatoms. The maximum absolute atomic E-state index is 13.6. The van der Waals surface area contributed by atoms with Gasteiger partial charge in [-0.3, -0.25) is 15.0 Å². The van der Waals surface area contributed by atoms with Gasteiger partial charge in [0, 0.05) is 27.5 Å². The fourth-order valence-electron chi connectivity index (χ4n) is 4.35. The van der Waals surface area contributed by atoms with E-state index in [-0.39, 0.29) is 12.5 Å². The van der Waals surface area contributed by atoms with Crippen molar-refractivity contribution in [1.82, 2.24) is 10.3 Å². The summed E-state index contributed by atoms with van der Waals surface area (Å²) in [5, 5.41) is 13.9. The molecule has 3 aromatic rings. The molecule has 5 rings (SSSR count). The van der Waals surface area contributed by atoms with Crippen LogP contribution in [-0.2, 0) is 16.8 Å². The fourth-order valence-corrected chi connectivity index (χ4v) is 4.72. The number of amides is 1. The zero-order chi connectivity index (χ0) is 17.9. The van der Waals surface area contributed by atoms with Gasteiger partial charge in [-0.25, -0.2) is 0 Å². The normalized spacial score (nSPS) is 21.1. The average Bonchev–Trinajstić information content (AvgIpc) is 3.14. The van der Waals surface area contributed by atoms with Gasteiger partial charge in [-0.2, -0.15) is 5.26 Å². The Kier molecular flexibility index (Phi) is 3.27. The second kappa shape index (κ2) is 5.44. The lowest BCUT2D eigenvalue weighted by Gasteiger charge is -2.34. The smallest absolute Gasteiger partial charge is 0.259 e. The first-order valence-corrected chi connectivity index (χ1v) is 9.30. The number of hydrogen-bond acceptors (Lipinski definition) is 3. The Hall–Kier alpha value is -2.62. The van der Waals surface area contributed by atoms with E-state index in [4.69, 9.17) is 0 Å². The van der Waals surface area contributed by atoms with E-state index < -0.39 is 5.54 Å². The first-order chi connectivity index (χ1) is 12.7. The quantitative estimate of drug-likeness (QED) is 0.609. The molecule has 2 aromatic carbocycles. The lowest BCUT2D eigenvalue weighted by atomic mass is 9.82. The largest absolute Gasteiger partial charge is 0.356 e. The zero-order valence-corrected chi connectivity index (χ0v) is 15.4. The summed E-state index contributed by atoms with van der Waals surface area (Å²) in [7, 11) is 0. The highest BCUT2D eigenvalue weighted by atomic mass is 79.9. The van der Waals surface area contributed by atoms with Crippen LogP contribution in [0.15, 0.2) is 46.9 Å². The van der Waals surface area contributed by atoms with Gasteiger partial charge in [0.05, 0.1) is 17.5 Å². The number of para-hydroxylation sites is 1. The van der Waals surface area contributed by atoms with Crippen LogP contribution in [0.5, 0.6) is 0 Å². The molecule has 5 nitrogen and oxygen atoms in total. The summed E-state index contributed by atoms with van der Waals surface area (Å²) in [6.45, 7) is 0.736. The molecule has 1 spiro atoms. The maximum atomic E-state index is 13.6. The van der Waals surface area contributed by atoms with E-state index in [9.17, 15) is 10.1 Å². The molecular formula is C20H15BrN4O. The fraction of sp³-hybridized carbons (Fsp3) is 0.200. The number of rotatable bonds is 1. The van der Waals surface area contributed by atoms with E-state index >= 15 is 0 Å². The number of carbonyl (C=O) groups excluding carboxylic acids is 1. The van der Waals surface area contributed by atoms with E-state index in [1.54, 1.807) is 4.90 Å². The summed E-state index contributed by atoms with van der Waals surface area (Å²) in [4.78, 5) is 18.6. The van der Waals surface area contributed by atoms with Crippen molar-refractivity contribution in [3.63, 3.8) is 0 Å². The molecular weight excluding hydrogens is 392 g/mol. The van der Waals surface area contributed by atoms with Gasteiger partial charge >= 0.3 is 0 Å². The molecule has 0 radical (unpaired) electrons. The summed E-state index contributed by atoms with van der Waals surface area (Å²) in [5.41, 5.74) is 3.82. The van der Waals surface area contributed by atoms with Crippen molar-refractivity contribution in [2.45, 2.75) is 12.0 Å². The SMILES string of the molecule is N#CCN1C(=O)[C@]2(NCCc3c2[nH]c2ccccc32)c2cc(Br)ccc21. The minimum Gasteiger partial charge on any atom is -0.356 e. The molecule has 0 bridgehead atoms. The molecule has 1 aromatic heterocycles. The van der Waals surface area contributed by atoms with Crippen molar-refractivity contribution in [2.24, 2.45) is 0 Å². The molecule has 0 saturated carbocycles. The standard InChI is InChI=1S/C20H15BrN4O/c21-12-5-6-17-15(11-12)20(19(26)25(17)10-8-22)18-14(7-9-23-20)13-3-1-2-4-16(13)24-18/h1-6,11,23-24H,7,9-10H2/t20-/m0/s1. The summed E-state index contributed by atoms with van der Waals surface area (Å²) < 4.78 is 0.910. The van der Waals surface area contributed by atoms with Crippen LogP contribution in [0.3, 0.4) is 0 Å². The van der Waals surface area contributed by atoms with Gasteiger partial charge in [-0.1, -0.05) is 34.1 Å². The predicted octanol–water partition coefficient (Wildman–Crippen LogP) is 3.19. The highest BCUT2D eigenvalue weighted by Crippen LogP contribution is 2.48. The zero-order valence-electron chi connectivity index (χ0n) is 13.8. The van der Waals surface area contributed by atoms with Gasteiger partial charge in [-0.15, -0.1) is 0 Å². The highest BCUT2D eigenvalue weighted by Gasteiger charge is 2.55. The van der Waals surface area contributed by atoms with Gasteiger partial charge < -0.3 is 4.98 Å². The second-order valence-corrected chi connectivity index (χ2v) is 7.58. The molecule has 2 aliphatic heterocycles. The number of aromatic amines is 1. The van der Waals surface area contributed by atoms with Crippen LogP contribution in [0.25, 0.3) is 10.9 Å². The Balaban J connectivity index is 1.85. The van der Waals surface area contributed by atoms with Gasteiger partial charge in [0.15, 0.2) is 5.54 Å². The number of hydrogen-bond donors (Lipinski definition) is 2. The molecule has 0 saturated heterocycles. The Labute approximate surface area is 158 Å². The second-order valence-electron chi connectivity index (χ2n) is 6.66. The van der Waals surface area contributed by atoms with Crippen molar-refractivity contribution in [3.8, 4) is 6.07 Å². The number of anilines is 1. The summed E-state index contributed by atoms with van der Waals surface area (Å²) >= 11 is 3.54. The molecule has 1 amide bonds. The van der Waals surface area contributed by atoms with E-state index in [2.05, 4.69) is 38.4 Å². The van der Waals surface area contributed by atoms with Crippen LogP contribution in [-0.4, -0.2) is 24.0 Å². The third kappa shape index (κ3) is 1.84. The lowest BCUT2D eigenvalue weighted by molar-refractivity contribution is -0.123. The lowest BCUT2D eigenvalue weighted by Crippen LogP contribution is -2.55. The number of benzene rings is 2. The number of fused-ring (bicyclic) bond motifs is 6. The molecule has 0 aliphatic carbocycles. The summed E-state index contributed by atoms with van der Waals surface area (Å²) in [5.74, 6) is -0.0975. The van der Waals surface area contributed by atoms with E-state index in [1.807, 2.05) is 36.4 Å². The van der Waals surface area contributed by atoms with Crippen LogP contribution < -0.4 is 10.2 Å².